The number of carbonyl (C=O) groups excluding carboxylic acids is 1. The second-order valence-electron chi connectivity index (χ2n) is 5.11. The van der Waals surface area contributed by atoms with Crippen LogP contribution in [0, 0.1) is 6.92 Å². The summed E-state index contributed by atoms with van der Waals surface area (Å²) in [5, 5.41) is 3.14. The van der Waals surface area contributed by atoms with E-state index in [-0.39, 0.29) is 16.9 Å². The van der Waals surface area contributed by atoms with Crippen molar-refractivity contribution in [2.45, 2.75) is 32.7 Å². The zero-order chi connectivity index (χ0) is 14.7. The third-order valence-corrected chi connectivity index (χ3v) is 3.66. The molecule has 5 nitrogen and oxygen atoms in total. The first kappa shape index (κ1) is 14.7. The maximum absolute atomic E-state index is 12.3. The molecule has 0 aromatic carbocycles. The van der Waals surface area contributed by atoms with Crippen LogP contribution in [0.4, 0.5) is 5.82 Å². The second kappa shape index (κ2) is 6.17. The van der Waals surface area contributed by atoms with Crippen molar-refractivity contribution < 1.29 is 4.79 Å². The van der Waals surface area contributed by atoms with Gasteiger partial charge in [0.15, 0.2) is 0 Å². The summed E-state index contributed by atoms with van der Waals surface area (Å²) in [4.78, 5) is 18.8. The summed E-state index contributed by atoms with van der Waals surface area (Å²) in [5.41, 5.74) is 7.22. The van der Waals surface area contributed by atoms with E-state index in [2.05, 4.69) is 10.3 Å². The van der Waals surface area contributed by atoms with Crippen molar-refractivity contribution in [2.24, 2.45) is 5.73 Å². The molecule has 2 heterocycles. The number of likely N-dealkylation sites (tertiary alicyclic amines) is 1. The van der Waals surface area contributed by atoms with Crippen LogP contribution < -0.4 is 11.1 Å². The molecule has 1 amide bonds. The van der Waals surface area contributed by atoms with E-state index in [1.807, 2.05) is 30.9 Å². The van der Waals surface area contributed by atoms with E-state index in [9.17, 15) is 4.79 Å². The first-order chi connectivity index (χ1) is 9.49. The van der Waals surface area contributed by atoms with Crippen molar-refractivity contribution in [1.29, 1.82) is 0 Å². The first-order valence-electron chi connectivity index (χ1n) is 6.82. The van der Waals surface area contributed by atoms with Gasteiger partial charge in [0.2, 0.25) is 5.91 Å². The Balaban J connectivity index is 2.14. The third-order valence-electron chi connectivity index (χ3n) is 3.44. The van der Waals surface area contributed by atoms with E-state index in [0.717, 1.165) is 31.6 Å². The summed E-state index contributed by atoms with van der Waals surface area (Å²) in [5.74, 6) is 0.678. The van der Waals surface area contributed by atoms with Crippen LogP contribution in [0.3, 0.4) is 0 Å². The van der Waals surface area contributed by atoms with E-state index in [1.165, 1.54) is 0 Å². The molecular formula is C14H20N4OS. The van der Waals surface area contributed by atoms with Crippen LogP contribution in [-0.2, 0) is 4.79 Å². The number of carbonyl (C=O) groups is 1. The summed E-state index contributed by atoms with van der Waals surface area (Å²) in [6, 6.07) is 3.35. The van der Waals surface area contributed by atoms with E-state index in [0.29, 0.717) is 11.4 Å². The van der Waals surface area contributed by atoms with Gasteiger partial charge in [0, 0.05) is 18.8 Å². The van der Waals surface area contributed by atoms with Crippen molar-refractivity contribution in [3.05, 3.63) is 23.4 Å². The molecule has 1 aliphatic heterocycles. The van der Waals surface area contributed by atoms with Gasteiger partial charge in [-0.3, -0.25) is 4.79 Å². The number of hydrogen-bond donors (Lipinski definition) is 2. The highest BCUT2D eigenvalue weighted by Gasteiger charge is 2.24. The fraction of sp³-hybridized carbons (Fsp3) is 0.500. The van der Waals surface area contributed by atoms with Crippen LogP contribution in [0.1, 0.15) is 31.0 Å². The van der Waals surface area contributed by atoms with Gasteiger partial charge in [-0.25, -0.2) is 4.98 Å². The number of anilines is 1. The summed E-state index contributed by atoms with van der Waals surface area (Å²) < 4.78 is 0. The number of nitrogens with one attached hydrogen (secondary N) is 1. The molecule has 1 aliphatic rings. The summed E-state index contributed by atoms with van der Waals surface area (Å²) in [6.45, 7) is 5.41. The normalized spacial score (nSPS) is 16.0. The molecule has 1 atom stereocenters. The maximum Gasteiger partial charge on any atom is 0.244 e. The fourth-order valence-corrected chi connectivity index (χ4v) is 2.51. The van der Waals surface area contributed by atoms with E-state index in [1.54, 1.807) is 0 Å². The minimum atomic E-state index is -0.338. The largest absolute Gasteiger partial charge is 0.389 e. The lowest BCUT2D eigenvalue weighted by atomic mass is 10.2. The molecule has 2 rings (SSSR count). The van der Waals surface area contributed by atoms with Gasteiger partial charge in [-0.2, -0.15) is 0 Å². The Labute approximate surface area is 124 Å². The summed E-state index contributed by atoms with van der Waals surface area (Å²) >= 11 is 5.02. The van der Waals surface area contributed by atoms with Crippen LogP contribution in [-0.4, -0.2) is 39.9 Å². The Kier molecular flexibility index (Phi) is 4.54. The van der Waals surface area contributed by atoms with Crippen molar-refractivity contribution in [3.63, 3.8) is 0 Å². The Bertz CT molecular complexity index is 526. The zero-order valence-electron chi connectivity index (χ0n) is 11.8. The van der Waals surface area contributed by atoms with E-state index < -0.39 is 0 Å². The lowest BCUT2D eigenvalue weighted by molar-refractivity contribution is -0.130. The number of nitrogens with two attached hydrogens (primary N) is 1. The van der Waals surface area contributed by atoms with Crippen molar-refractivity contribution in [2.75, 3.05) is 18.4 Å². The number of rotatable bonds is 4. The molecule has 1 aromatic rings. The molecule has 20 heavy (non-hydrogen) atoms. The molecule has 0 saturated carbocycles. The van der Waals surface area contributed by atoms with Gasteiger partial charge in [-0.15, -0.1) is 0 Å². The monoisotopic (exact) mass is 292 g/mol. The van der Waals surface area contributed by atoms with Gasteiger partial charge >= 0.3 is 0 Å². The fourth-order valence-electron chi connectivity index (χ4n) is 2.34. The molecule has 1 fully saturated rings. The van der Waals surface area contributed by atoms with Crippen LogP contribution in [0.15, 0.2) is 12.1 Å². The van der Waals surface area contributed by atoms with E-state index >= 15 is 0 Å². The predicted octanol–water partition coefficient (Wildman–Crippen LogP) is 1.45. The molecule has 1 unspecified atom stereocenters. The Morgan fingerprint density at radius 2 is 2.10 bits per heavy atom. The van der Waals surface area contributed by atoms with Crippen molar-refractivity contribution in [1.82, 2.24) is 9.88 Å². The zero-order valence-corrected chi connectivity index (χ0v) is 12.7. The molecule has 0 aliphatic carbocycles. The van der Waals surface area contributed by atoms with Gasteiger partial charge in [0.25, 0.3) is 0 Å². The number of aromatic nitrogens is 1. The number of pyridine rings is 1. The Hall–Kier alpha value is -1.69. The van der Waals surface area contributed by atoms with Gasteiger partial charge < -0.3 is 16.0 Å². The summed E-state index contributed by atoms with van der Waals surface area (Å²) in [7, 11) is 0. The molecule has 108 valence electrons. The van der Waals surface area contributed by atoms with Crippen LogP contribution in [0.5, 0.6) is 0 Å². The second-order valence-corrected chi connectivity index (χ2v) is 5.55. The van der Waals surface area contributed by atoms with Gasteiger partial charge in [-0.05, 0) is 38.8 Å². The van der Waals surface area contributed by atoms with Crippen molar-refractivity contribution in [3.8, 4) is 0 Å². The SMILES string of the molecule is Cc1ccc(C(N)=S)c(NC(C)C(=O)N2CCCC2)n1. The number of nitrogens with zero attached hydrogens (tertiary/aromatic N) is 2. The molecule has 6 heteroatoms. The number of amides is 1. The molecule has 0 spiro atoms. The minimum absolute atomic E-state index is 0.0969. The quantitative estimate of drug-likeness (QED) is 0.822. The topological polar surface area (TPSA) is 71.2 Å². The van der Waals surface area contributed by atoms with Gasteiger partial charge in [-0.1, -0.05) is 12.2 Å². The van der Waals surface area contributed by atoms with Crippen LogP contribution >= 0.6 is 12.2 Å². The molecule has 1 saturated heterocycles. The number of hydrogen-bond acceptors (Lipinski definition) is 4. The van der Waals surface area contributed by atoms with Crippen molar-refractivity contribution >= 4 is 28.9 Å². The highest BCUT2D eigenvalue weighted by atomic mass is 32.1. The van der Waals surface area contributed by atoms with Crippen LogP contribution in [0.2, 0.25) is 0 Å². The van der Waals surface area contributed by atoms with E-state index in [4.69, 9.17) is 18.0 Å². The maximum atomic E-state index is 12.3. The highest BCUT2D eigenvalue weighted by molar-refractivity contribution is 7.80. The predicted molar refractivity (Wildman–Crippen MR) is 83.8 cm³/mol. The van der Waals surface area contributed by atoms with Gasteiger partial charge in [0.1, 0.15) is 16.8 Å². The molecule has 1 aromatic heterocycles. The molecule has 3 N–H and O–H groups in total. The molecule has 0 bridgehead atoms. The minimum Gasteiger partial charge on any atom is -0.389 e. The average Bonchev–Trinajstić information content (AvgIpc) is 2.91. The smallest absolute Gasteiger partial charge is 0.244 e. The Morgan fingerprint density at radius 1 is 1.45 bits per heavy atom. The standard InChI is InChI=1S/C14H20N4OS/c1-9-5-6-11(12(15)20)13(16-9)17-10(2)14(19)18-7-3-4-8-18/h5-6,10H,3-4,7-8H2,1-2H3,(H2,15,20)(H,16,17). The lowest BCUT2D eigenvalue weighted by Crippen LogP contribution is -2.40. The molecule has 0 radical (unpaired) electrons. The Morgan fingerprint density at radius 3 is 2.70 bits per heavy atom. The number of aryl methyl sites for hydroxylation is 1. The van der Waals surface area contributed by atoms with Gasteiger partial charge in [0.05, 0.1) is 5.56 Å². The third kappa shape index (κ3) is 3.25. The first-order valence-corrected chi connectivity index (χ1v) is 7.22. The molecular weight excluding hydrogens is 272 g/mol. The highest BCUT2D eigenvalue weighted by Crippen LogP contribution is 2.16. The van der Waals surface area contributed by atoms with Crippen LogP contribution in [0.25, 0.3) is 0 Å². The summed E-state index contributed by atoms with van der Waals surface area (Å²) in [6.07, 6.45) is 2.17. The average molecular weight is 292 g/mol. The lowest BCUT2D eigenvalue weighted by Gasteiger charge is -2.22. The number of thiocarbonyl (C=S) groups is 1.